The molecule has 0 bridgehead atoms. The molecule has 0 heterocycles. The summed E-state index contributed by atoms with van der Waals surface area (Å²) in [6, 6.07) is 12.6. The average Bonchev–Trinajstić information content (AvgIpc) is 2.65. The standard InChI is InChI=1S/C17H12F8I2O4S/c1-11-7-9-13(10-8-11)27(12-5-3-2-4-6-12)31-32(28,29)17(24,25)16(22,23)30-15(20,21)14(18,19)26/h2-10H,1H3. The third kappa shape index (κ3) is 5.82. The quantitative estimate of drug-likeness (QED) is 0.166. The molecule has 2 aromatic carbocycles. The Kier molecular flexibility index (Phi) is 8.11. The van der Waals surface area contributed by atoms with Crippen molar-refractivity contribution in [1.29, 1.82) is 0 Å². The number of alkyl halides is 9. The molecular formula is C17H12F8I2O4S. The molecule has 0 aliphatic rings. The third-order valence-corrected chi connectivity index (χ3v) is 11.5. The molecule has 0 saturated carbocycles. The Morgan fingerprint density at radius 2 is 1.25 bits per heavy atom. The van der Waals surface area contributed by atoms with Crippen molar-refractivity contribution < 1.29 is 50.8 Å². The molecule has 0 radical (unpaired) electrons. The summed E-state index contributed by atoms with van der Waals surface area (Å²) in [7, 11) is -6.66. The molecular weight excluding hydrogens is 706 g/mol. The predicted octanol–water partition coefficient (Wildman–Crippen LogP) is 6.63. The van der Waals surface area contributed by atoms with Crippen LogP contribution in [-0.4, -0.2) is 29.8 Å². The van der Waals surface area contributed by atoms with E-state index in [1.165, 1.54) is 54.6 Å². The van der Waals surface area contributed by atoms with Crippen LogP contribution >= 0.6 is 42.8 Å². The molecule has 15 heteroatoms. The summed E-state index contributed by atoms with van der Waals surface area (Å²) < 4.78 is 134. The van der Waals surface area contributed by atoms with E-state index in [4.69, 9.17) is 0 Å². The van der Waals surface area contributed by atoms with Crippen molar-refractivity contribution in [2.24, 2.45) is 0 Å². The third-order valence-electron chi connectivity index (χ3n) is 3.53. The van der Waals surface area contributed by atoms with Crippen LogP contribution in [-0.2, 0) is 17.4 Å². The van der Waals surface area contributed by atoms with Gasteiger partial charge in [0.15, 0.2) is 0 Å². The van der Waals surface area contributed by atoms with Gasteiger partial charge in [0.05, 0.1) is 0 Å². The monoisotopic (exact) mass is 718 g/mol. The minimum absolute atomic E-state index is 0.0910. The Labute approximate surface area is 198 Å². The van der Waals surface area contributed by atoms with Crippen molar-refractivity contribution >= 4 is 52.9 Å². The van der Waals surface area contributed by atoms with Crippen LogP contribution in [0, 0.1) is 14.1 Å². The number of aryl methyl sites for hydroxylation is 1. The first kappa shape index (κ1) is 27.5. The van der Waals surface area contributed by atoms with Gasteiger partial charge in [-0.05, 0) is 0 Å². The van der Waals surface area contributed by atoms with Gasteiger partial charge in [-0.15, -0.1) is 0 Å². The Morgan fingerprint density at radius 3 is 1.72 bits per heavy atom. The van der Waals surface area contributed by atoms with Crippen LogP contribution in [0.2, 0.25) is 0 Å². The fourth-order valence-electron chi connectivity index (χ4n) is 1.92. The molecule has 2 rings (SSSR count). The summed E-state index contributed by atoms with van der Waals surface area (Å²) in [6.45, 7) is 1.66. The fraction of sp³-hybridized carbons (Fsp3) is 0.294. The van der Waals surface area contributed by atoms with Crippen LogP contribution in [0.3, 0.4) is 0 Å². The van der Waals surface area contributed by atoms with Crippen molar-refractivity contribution in [3.05, 3.63) is 67.3 Å². The topological polar surface area (TPSA) is 52.6 Å². The van der Waals surface area contributed by atoms with Crippen molar-refractivity contribution in [3.8, 4) is 0 Å². The fourth-order valence-corrected chi connectivity index (χ4v) is 8.90. The van der Waals surface area contributed by atoms with Gasteiger partial charge in [0, 0.05) is 0 Å². The van der Waals surface area contributed by atoms with Gasteiger partial charge in [-0.2, -0.15) is 0 Å². The van der Waals surface area contributed by atoms with E-state index in [0.717, 1.165) is 0 Å². The molecule has 0 atom stereocenters. The molecule has 0 spiro atoms. The number of benzene rings is 2. The van der Waals surface area contributed by atoms with Gasteiger partial charge in [-0.3, -0.25) is 0 Å². The number of ether oxygens (including phenoxy) is 1. The van der Waals surface area contributed by atoms with E-state index < -0.39 is 51.8 Å². The van der Waals surface area contributed by atoms with Gasteiger partial charge < -0.3 is 0 Å². The maximum absolute atomic E-state index is 14.2. The molecule has 0 aliphatic heterocycles. The van der Waals surface area contributed by atoms with Crippen LogP contribution in [0.1, 0.15) is 5.56 Å². The first-order valence-electron chi connectivity index (χ1n) is 8.08. The van der Waals surface area contributed by atoms with E-state index in [0.29, 0.717) is 5.56 Å². The summed E-state index contributed by atoms with van der Waals surface area (Å²) in [5.41, 5.74) is 0.702. The van der Waals surface area contributed by atoms with Crippen LogP contribution < -0.4 is 0 Å². The van der Waals surface area contributed by atoms with Gasteiger partial charge in [0.25, 0.3) is 0 Å². The Balaban J connectivity index is 2.47. The zero-order chi connectivity index (χ0) is 24.6. The second-order valence-electron chi connectivity index (χ2n) is 6.01. The van der Waals surface area contributed by atoms with E-state index in [-0.39, 0.29) is 29.7 Å². The molecule has 0 aromatic heterocycles. The molecule has 180 valence electrons. The number of rotatable bonds is 9. The number of hydrogen-bond acceptors (Lipinski definition) is 4. The molecule has 32 heavy (non-hydrogen) atoms. The van der Waals surface area contributed by atoms with Gasteiger partial charge in [0.2, 0.25) is 0 Å². The van der Waals surface area contributed by atoms with Crippen LogP contribution in [0.5, 0.6) is 0 Å². The zero-order valence-corrected chi connectivity index (χ0v) is 20.6. The Hall–Kier alpha value is -0.790. The van der Waals surface area contributed by atoms with Crippen molar-refractivity contribution in [2.45, 2.75) is 28.3 Å². The molecule has 2 aromatic rings. The molecule has 0 fully saturated rings. The van der Waals surface area contributed by atoms with E-state index in [9.17, 15) is 43.5 Å². The summed E-state index contributed by atoms with van der Waals surface area (Å²) in [5.74, 6) is 0. The normalized spacial score (nSPS) is 14.4. The Morgan fingerprint density at radius 1 is 0.781 bits per heavy atom. The van der Waals surface area contributed by atoms with E-state index >= 15 is 0 Å². The summed E-state index contributed by atoms with van der Waals surface area (Å²) in [6.07, 6.45) is -12.7. The molecule has 0 N–H and O–H groups in total. The van der Waals surface area contributed by atoms with Crippen molar-refractivity contribution in [2.75, 3.05) is 0 Å². The molecule has 4 nitrogen and oxygen atoms in total. The van der Waals surface area contributed by atoms with E-state index in [2.05, 4.69) is 7.25 Å². The van der Waals surface area contributed by atoms with Crippen LogP contribution in [0.25, 0.3) is 0 Å². The minimum atomic E-state index is -6.66. The second-order valence-corrected chi connectivity index (χ2v) is 13.9. The number of halogens is 10. The van der Waals surface area contributed by atoms with Crippen molar-refractivity contribution in [1.82, 2.24) is 0 Å². The van der Waals surface area contributed by atoms with Gasteiger partial charge in [-0.25, -0.2) is 0 Å². The van der Waals surface area contributed by atoms with Crippen LogP contribution in [0.4, 0.5) is 35.1 Å². The molecule has 0 amide bonds. The van der Waals surface area contributed by atoms with Gasteiger partial charge >= 0.3 is 199 Å². The number of hydrogen-bond donors (Lipinski definition) is 0. The van der Waals surface area contributed by atoms with E-state index in [1.54, 1.807) is 6.92 Å². The second kappa shape index (κ2) is 9.46. The zero-order valence-electron chi connectivity index (χ0n) is 15.5. The maximum atomic E-state index is 14.2. The summed E-state index contributed by atoms with van der Waals surface area (Å²) in [5, 5.41) is -6.43. The van der Waals surface area contributed by atoms with Crippen LogP contribution in [0.15, 0.2) is 54.6 Å². The van der Waals surface area contributed by atoms with E-state index in [1.807, 2.05) is 0 Å². The average molecular weight is 718 g/mol. The summed E-state index contributed by atoms with van der Waals surface area (Å²) >= 11 is -4.19. The molecule has 0 aliphatic carbocycles. The Bertz CT molecular complexity index is 1030. The first-order chi connectivity index (χ1) is 14.4. The van der Waals surface area contributed by atoms with Gasteiger partial charge in [0.1, 0.15) is 0 Å². The first-order valence-corrected chi connectivity index (χ1v) is 13.6. The summed E-state index contributed by atoms with van der Waals surface area (Å²) in [4.78, 5) is 0. The van der Waals surface area contributed by atoms with Gasteiger partial charge in [-0.1, -0.05) is 0 Å². The SMILES string of the molecule is Cc1ccc(I(OS(=O)(=O)C(F)(F)C(F)(F)OC(F)(F)C(F)(F)I)c2ccccc2)cc1. The molecule has 0 unspecified atom stereocenters. The van der Waals surface area contributed by atoms with Crippen molar-refractivity contribution in [3.63, 3.8) is 0 Å². The molecule has 0 saturated heterocycles. The predicted molar refractivity (Wildman–Crippen MR) is 114 cm³/mol.